The molecule has 0 atom stereocenters. The SMILES string of the molecule is C=C(C)/C(NCc1cnc(C)c(/C=C(\C)C(F)(F)F)c1)=C(/CNC)N=CC.CC. The molecule has 4 nitrogen and oxygen atoms in total. The van der Waals surface area contributed by atoms with E-state index in [0.29, 0.717) is 24.3 Å². The first kappa shape index (κ1) is 26.6. The third kappa shape index (κ3) is 9.09. The van der Waals surface area contributed by atoms with Gasteiger partial charge in [0, 0.05) is 36.8 Å². The molecule has 0 aromatic carbocycles. The first-order valence-electron chi connectivity index (χ1n) is 9.57. The number of halogens is 3. The van der Waals surface area contributed by atoms with Crippen molar-refractivity contribution in [2.45, 2.75) is 54.3 Å². The van der Waals surface area contributed by atoms with Gasteiger partial charge < -0.3 is 10.6 Å². The molecule has 0 unspecified atom stereocenters. The van der Waals surface area contributed by atoms with E-state index in [2.05, 4.69) is 27.2 Å². The number of alkyl halides is 3. The lowest BCUT2D eigenvalue weighted by atomic mass is 10.1. The van der Waals surface area contributed by atoms with Crippen molar-refractivity contribution in [1.29, 1.82) is 0 Å². The van der Waals surface area contributed by atoms with Crippen molar-refractivity contribution in [2.75, 3.05) is 13.6 Å². The highest BCUT2D eigenvalue weighted by molar-refractivity contribution is 5.57. The Morgan fingerprint density at radius 1 is 1.28 bits per heavy atom. The van der Waals surface area contributed by atoms with Crippen LogP contribution in [0.4, 0.5) is 13.2 Å². The smallest absolute Gasteiger partial charge is 0.379 e. The summed E-state index contributed by atoms with van der Waals surface area (Å²) in [6.07, 6.45) is 0.124. The van der Waals surface area contributed by atoms with Crippen LogP contribution < -0.4 is 10.6 Å². The molecule has 0 amide bonds. The number of aromatic nitrogens is 1. The summed E-state index contributed by atoms with van der Waals surface area (Å²) in [6.45, 7) is 15.4. The van der Waals surface area contributed by atoms with E-state index in [1.165, 1.54) is 0 Å². The molecule has 2 N–H and O–H groups in total. The zero-order chi connectivity index (χ0) is 22.6. The summed E-state index contributed by atoms with van der Waals surface area (Å²) in [5, 5.41) is 6.34. The van der Waals surface area contributed by atoms with Gasteiger partial charge in [-0.15, -0.1) is 0 Å². The molecule has 1 aromatic rings. The molecule has 29 heavy (non-hydrogen) atoms. The predicted molar refractivity (Wildman–Crippen MR) is 117 cm³/mol. The molecular formula is C22H33F3N4. The maximum absolute atomic E-state index is 12.8. The topological polar surface area (TPSA) is 49.3 Å². The summed E-state index contributed by atoms with van der Waals surface area (Å²) < 4.78 is 38.4. The van der Waals surface area contributed by atoms with Crippen LogP contribution in [0.1, 0.15) is 51.4 Å². The number of hydrogen-bond acceptors (Lipinski definition) is 4. The number of hydrogen-bond donors (Lipinski definition) is 2. The number of rotatable bonds is 8. The van der Waals surface area contributed by atoms with Crippen molar-refractivity contribution in [3.8, 4) is 0 Å². The fraction of sp³-hybridized carbons (Fsp3) is 0.455. The molecule has 0 spiro atoms. The van der Waals surface area contributed by atoms with Gasteiger partial charge in [0.1, 0.15) is 0 Å². The molecule has 0 saturated heterocycles. The summed E-state index contributed by atoms with van der Waals surface area (Å²) in [7, 11) is 1.83. The molecule has 0 saturated carbocycles. The van der Waals surface area contributed by atoms with Gasteiger partial charge in [0.05, 0.1) is 11.4 Å². The van der Waals surface area contributed by atoms with Crippen LogP contribution >= 0.6 is 0 Å². The highest BCUT2D eigenvalue weighted by Gasteiger charge is 2.29. The number of nitrogens with one attached hydrogen (secondary N) is 2. The van der Waals surface area contributed by atoms with E-state index in [-0.39, 0.29) is 0 Å². The predicted octanol–water partition coefficient (Wildman–Crippen LogP) is 5.57. The quantitative estimate of drug-likeness (QED) is 0.435. The van der Waals surface area contributed by atoms with Gasteiger partial charge in [0.25, 0.3) is 0 Å². The van der Waals surface area contributed by atoms with E-state index in [1.807, 2.05) is 34.7 Å². The number of aryl methyl sites for hydroxylation is 1. The summed E-state index contributed by atoms with van der Waals surface area (Å²) in [5.74, 6) is 0. The Bertz CT molecular complexity index is 760. The van der Waals surface area contributed by atoms with Gasteiger partial charge in [-0.05, 0) is 63.6 Å². The number of nitrogens with zero attached hydrogens (tertiary/aromatic N) is 2. The van der Waals surface area contributed by atoms with Crippen molar-refractivity contribution in [2.24, 2.45) is 4.99 Å². The molecule has 0 aliphatic heterocycles. The molecule has 1 aromatic heterocycles. The molecule has 0 aliphatic carbocycles. The minimum atomic E-state index is -4.35. The number of pyridine rings is 1. The van der Waals surface area contributed by atoms with E-state index in [1.54, 1.807) is 25.4 Å². The van der Waals surface area contributed by atoms with Crippen LogP contribution in [0, 0.1) is 6.92 Å². The number of aliphatic imine (C=N–C) groups is 1. The van der Waals surface area contributed by atoms with Gasteiger partial charge >= 0.3 is 6.18 Å². The van der Waals surface area contributed by atoms with E-state index in [9.17, 15) is 13.2 Å². The van der Waals surface area contributed by atoms with E-state index in [4.69, 9.17) is 0 Å². The maximum atomic E-state index is 12.8. The highest BCUT2D eigenvalue weighted by atomic mass is 19.4. The average Bonchev–Trinajstić information content (AvgIpc) is 2.65. The second-order valence-electron chi connectivity index (χ2n) is 6.22. The third-order valence-corrected chi connectivity index (χ3v) is 3.82. The minimum absolute atomic E-state index is 0.397. The maximum Gasteiger partial charge on any atom is 0.412 e. The molecule has 1 rings (SSSR count). The van der Waals surface area contributed by atoms with Gasteiger partial charge in [-0.25, -0.2) is 0 Å². The Kier molecular flexibility index (Phi) is 11.9. The van der Waals surface area contributed by atoms with Crippen molar-refractivity contribution in [1.82, 2.24) is 15.6 Å². The van der Waals surface area contributed by atoms with Crippen molar-refractivity contribution >= 4 is 12.3 Å². The van der Waals surface area contributed by atoms with Crippen LogP contribution in [-0.4, -0.2) is 31.0 Å². The summed E-state index contributed by atoms with van der Waals surface area (Å²) in [6, 6.07) is 1.71. The molecule has 0 radical (unpaired) electrons. The lowest BCUT2D eigenvalue weighted by Gasteiger charge is -2.15. The van der Waals surface area contributed by atoms with Crippen LogP contribution in [0.15, 0.2) is 46.4 Å². The standard InChI is InChI=1S/C20H27F3N4.C2H6/c1-7-25-18(12-24-6)19(13(2)3)27-11-16-9-17(15(5)26-10-16)8-14(4)20(21,22)23;1-2/h7-10,24,27H,2,11-12H2,1,3-6H3;1-2H3/b14-8+,19-18+,25-7?;. The van der Waals surface area contributed by atoms with Crippen molar-refractivity contribution in [3.05, 3.63) is 58.2 Å². The van der Waals surface area contributed by atoms with Crippen LogP contribution in [0.25, 0.3) is 6.08 Å². The number of allylic oxidation sites excluding steroid dienone is 2. The average molecular weight is 411 g/mol. The van der Waals surface area contributed by atoms with Crippen LogP contribution in [0.5, 0.6) is 0 Å². The van der Waals surface area contributed by atoms with Crippen LogP contribution in [0.3, 0.4) is 0 Å². The second-order valence-corrected chi connectivity index (χ2v) is 6.22. The molecular weight excluding hydrogens is 377 g/mol. The molecule has 0 fully saturated rings. The van der Waals surface area contributed by atoms with Gasteiger partial charge in [-0.3, -0.25) is 9.98 Å². The Morgan fingerprint density at radius 3 is 2.38 bits per heavy atom. The second kappa shape index (κ2) is 12.9. The van der Waals surface area contributed by atoms with Crippen molar-refractivity contribution in [3.63, 3.8) is 0 Å². The van der Waals surface area contributed by atoms with E-state index >= 15 is 0 Å². The summed E-state index contributed by atoms with van der Waals surface area (Å²) >= 11 is 0. The largest absolute Gasteiger partial charge is 0.412 e. The molecule has 7 heteroatoms. The third-order valence-electron chi connectivity index (χ3n) is 3.82. The lowest BCUT2D eigenvalue weighted by Crippen LogP contribution is -2.20. The Balaban J connectivity index is 0.00000379. The summed E-state index contributed by atoms with van der Waals surface area (Å²) in [4.78, 5) is 8.59. The minimum Gasteiger partial charge on any atom is -0.379 e. The Labute approximate surface area is 172 Å². The monoisotopic (exact) mass is 410 g/mol. The first-order valence-corrected chi connectivity index (χ1v) is 9.57. The normalized spacial score (nSPS) is 13.0. The zero-order valence-electron chi connectivity index (χ0n) is 18.5. The fourth-order valence-corrected chi connectivity index (χ4v) is 2.37. The van der Waals surface area contributed by atoms with Crippen LogP contribution in [0.2, 0.25) is 0 Å². The van der Waals surface area contributed by atoms with Gasteiger partial charge in [0.2, 0.25) is 0 Å². The van der Waals surface area contributed by atoms with E-state index in [0.717, 1.165) is 35.5 Å². The summed E-state index contributed by atoms with van der Waals surface area (Å²) in [5.41, 5.74) is 3.53. The molecule has 0 bridgehead atoms. The van der Waals surface area contributed by atoms with Gasteiger partial charge in [0.15, 0.2) is 0 Å². The van der Waals surface area contributed by atoms with Crippen molar-refractivity contribution < 1.29 is 13.2 Å². The highest BCUT2D eigenvalue weighted by Crippen LogP contribution is 2.27. The molecule has 162 valence electrons. The molecule has 1 heterocycles. The van der Waals surface area contributed by atoms with E-state index < -0.39 is 11.7 Å². The lowest BCUT2D eigenvalue weighted by molar-refractivity contribution is -0.0903. The Hall–Kier alpha value is -2.41. The van der Waals surface area contributed by atoms with Gasteiger partial charge in [-0.2, -0.15) is 13.2 Å². The zero-order valence-corrected chi connectivity index (χ0v) is 18.5. The Morgan fingerprint density at radius 2 is 1.90 bits per heavy atom. The van der Waals surface area contributed by atoms with Crippen LogP contribution in [-0.2, 0) is 6.54 Å². The van der Waals surface area contributed by atoms with Gasteiger partial charge in [-0.1, -0.05) is 20.4 Å². The molecule has 0 aliphatic rings. The number of likely N-dealkylation sites (N-methyl/N-ethyl adjacent to an activating group) is 1. The first-order chi connectivity index (χ1) is 13.6. The fourth-order valence-electron chi connectivity index (χ4n) is 2.37.